The molecule has 0 unspecified atom stereocenters. The zero-order valence-electron chi connectivity index (χ0n) is 13.2. The number of hydrogen-bond acceptors (Lipinski definition) is 3. The first kappa shape index (κ1) is 14.8. The first-order valence-corrected chi connectivity index (χ1v) is 7.16. The van der Waals surface area contributed by atoms with E-state index in [1.165, 1.54) is 0 Å². The SMILES string of the molecule is CC(C)Oc1cc(OC(C)C)c2c(c1)OC(C)(C)C=C2. The summed E-state index contributed by atoms with van der Waals surface area (Å²) >= 11 is 0. The maximum atomic E-state index is 6.02. The fourth-order valence-electron chi connectivity index (χ4n) is 2.12. The Balaban J connectivity index is 2.44. The molecule has 0 amide bonds. The largest absolute Gasteiger partial charge is 0.491 e. The fourth-order valence-corrected chi connectivity index (χ4v) is 2.12. The van der Waals surface area contributed by atoms with Crippen LogP contribution in [0.15, 0.2) is 18.2 Å². The quantitative estimate of drug-likeness (QED) is 0.813. The molecule has 20 heavy (non-hydrogen) atoms. The molecule has 1 aromatic carbocycles. The molecule has 0 atom stereocenters. The number of rotatable bonds is 4. The van der Waals surface area contributed by atoms with Gasteiger partial charge >= 0.3 is 0 Å². The molecule has 0 spiro atoms. The summed E-state index contributed by atoms with van der Waals surface area (Å²) in [6.07, 6.45) is 4.34. The van der Waals surface area contributed by atoms with Crippen LogP contribution in [0.2, 0.25) is 0 Å². The first-order valence-electron chi connectivity index (χ1n) is 7.16. The van der Waals surface area contributed by atoms with E-state index in [-0.39, 0.29) is 17.8 Å². The van der Waals surface area contributed by atoms with E-state index in [1.54, 1.807) is 0 Å². The zero-order chi connectivity index (χ0) is 14.9. The van der Waals surface area contributed by atoms with E-state index in [9.17, 15) is 0 Å². The van der Waals surface area contributed by atoms with Gasteiger partial charge in [0, 0.05) is 12.1 Å². The van der Waals surface area contributed by atoms with Gasteiger partial charge in [0.25, 0.3) is 0 Å². The summed E-state index contributed by atoms with van der Waals surface area (Å²) in [6.45, 7) is 12.1. The number of fused-ring (bicyclic) bond motifs is 1. The molecule has 0 fully saturated rings. The van der Waals surface area contributed by atoms with Crippen LogP contribution in [-0.4, -0.2) is 17.8 Å². The Bertz CT molecular complexity index is 513. The Hall–Kier alpha value is -1.64. The molecule has 0 bridgehead atoms. The molecule has 3 nitrogen and oxygen atoms in total. The fraction of sp³-hybridized carbons (Fsp3) is 0.529. The second-order valence-corrected chi connectivity index (χ2v) is 6.21. The van der Waals surface area contributed by atoms with Gasteiger partial charge in [0.05, 0.1) is 17.8 Å². The summed E-state index contributed by atoms with van der Waals surface area (Å²) in [5, 5.41) is 0. The van der Waals surface area contributed by atoms with E-state index in [0.29, 0.717) is 0 Å². The highest BCUT2D eigenvalue weighted by Crippen LogP contribution is 2.40. The highest BCUT2D eigenvalue weighted by Gasteiger charge is 2.25. The molecular formula is C17H24O3. The molecule has 0 N–H and O–H groups in total. The van der Waals surface area contributed by atoms with Crippen LogP contribution < -0.4 is 14.2 Å². The third-order valence-electron chi connectivity index (χ3n) is 2.84. The van der Waals surface area contributed by atoms with Crippen molar-refractivity contribution < 1.29 is 14.2 Å². The molecule has 0 saturated heterocycles. The Morgan fingerprint density at radius 3 is 2.25 bits per heavy atom. The predicted molar refractivity (Wildman–Crippen MR) is 81.7 cm³/mol. The third-order valence-corrected chi connectivity index (χ3v) is 2.84. The summed E-state index contributed by atoms with van der Waals surface area (Å²) in [5.41, 5.74) is 0.674. The summed E-state index contributed by atoms with van der Waals surface area (Å²) < 4.78 is 17.7. The maximum Gasteiger partial charge on any atom is 0.135 e. The lowest BCUT2D eigenvalue weighted by molar-refractivity contribution is 0.155. The van der Waals surface area contributed by atoms with Gasteiger partial charge in [0.2, 0.25) is 0 Å². The van der Waals surface area contributed by atoms with Crippen LogP contribution in [0, 0.1) is 0 Å². The van der Waals surface area contributed by atoms with Crippen molar-refractivity contribution in [1.82, 2.24) is 0 Å². The van der Waals surface area contributed by atoms with E-state index in [4.69, 9.17) is 14.2 Å². The zero-order valence-corrected chi connectivity index (χ0v) is 13.2. The highest BCUT2D eigenvalue weighted by atomic mass is 16.5. The van der Waals surface area contributed by atoms with E-state index in [1.807, 2.05) is 59.8 Å². The lowest BCUT2D eigenvalue weighted by Gasteiger charge is -2.29. The lowest BCUT2D eigenvalue weighted by Crippen LogP contribution is -2.27. The molecule has 1 aliphatic heterocycles. The predicted octanol–water partition coefficient (Wildman–Crippen LogP) is 4.45. The second kappa shape index (κ2) is 5.39. The van der Waals surface area contributed by atoms with Crippen molar-refractivity contribution in [3.05, 3.63) is 23.8 Å². The van der Waals surface area contributed by atoms with Crippen molar-refractivity contribution >= 4 is 6.08 Å². The monoisotopic (exact) mass is 276 g/mol. The first-order chi connectivity index (χ1) is 9.27. The summed E-state index contributed by atoms with van der Waals surface area (Å²) in [4.78, 5) is 0. The molecule has 0 radical (unpaired) electrons. The lowest BCUT2D eigenvalue weighted by atomic mass is 10.0. The molecule has 2 rings (SSSR count). The van der Waals surface area contributed by atoms with Crippen LogP contribution >= 0.6 is 0 Å². The molecule has 1 aromatic rings. The van der Waals surface area contributed by atoms with E-state index in [0.717, 1.165) is 22.8 Å². The minimum absolute atomic E-state index is 0.108. The summed E-state index contributed by atoms with van der Waals surface area (Å²) in [7, 11) is 0. The van der Waals surface area contributed by atoms with E-state index in [2.05, 4.69) is 6.08 Å². The van der Waals surface area contributed by atoms with Gasteiger partial charge in [-0.05, 0) is 53.7 Å². The van der Waals surface area contributed by atoms with Crippen molar-refractivity contribution in [2.45, 2.75) is 59.4 Å². The molecule has 0 aliphatic carbocycles. The third kappa shape index (κ3) is 3.47. The molecule has 1 heterocycles. The van der Waals surface area contributed by atoms with Crippen molar-refractivity contribution in [1.29, 1.82) is 0 Å². The van der Waals surface area contributed by atoms with Crippen LogP contribution in [0.1, 0.15) is 47.1 Å². The van der Waals surface area contributed by atoms with Crippen LogP contribution in [0.25, 0.3) is 6.08 Å². The average Bonchev–Trinajstić information content (AvgIpc) is 2.24. The van der Waals surface area contributed by atoms with Crippen LogP contribution in [0.5, 0.6) is 17.2 Å². The van der Waals surface area contributed by atoms with Gasteiger partial charge in [0.15, 0.2) is 0 Å². The second-order valence-electron chi connectivity index (χ2n) is 6.21. The Labute approximate surface area is 121 Å². The molecule has 110 valence electrons. The molecular weight excluding hydrogens is 252 g/mol. The van der Waals surface area contributed by atoms with E-state index < -0.39 is 0 Å². The minimum Gasteiger partial charge on any atom is -0.491 e. The van der Waals surface area contributed by atoms with Crippen LogP contribution in [-0.2, 0) is 0 Å². The normalized spacial score (nSPS) is 16.0. The summed E-state index contributed by atoms with van der Waals surface area (Å²) in [6, 6.07) is 3.87. The van der Waals surface area contributed by atoms with Gasteiger partial charge in [-0.25, -0.2) is 0 Å². The van der Waals surface area contributed by atoms with E-state index >= 15 is 0 Å². The molecule has 1 aliphatic rings. The summed E-state index contributed by atoms with van der Waals surface area (Å²) in [5.74, 6) is 2.40. The Morgan fingerprint density at radius 1 is 1.00 bits per heavy atom. The topological polar surface area (TPSA) is 27.7 Å². The number of ether oxygens (including phenoxy) is 3. The number of hydrogen-bond donors (Lipinski definition) is 0. The van der Waals surface area contributed by atoms with Crippen molar-refractivity contribution in [2.75, 3.05) is 0 Å². The van der Waals surface area contributed by atoms with Gasteiger partial charge in [-0.15, -0.1) is 0 Å². The van der Waals surface area contributed by atoms with Gasteiger partial charge < -0.3 is 14.2 Å². The molecule has 0 saturated carbocycles. The highest BCUT2D eigenvalue weighted by molar-refractivity contribution is 5.69. The van der Waals surface area contributed by atoms with Crippen LogP contribution in [0.4, 0.5) is 0 Å². The van der Waals surface area contributed by atoms with Gasteiger partial charge in [-0.3, -0.25) is 0 Å². The minimum atomic E-state index is -0.307. The van der Waals surface area contributed by atoms with Gasteiger partial charge in [-0.2, -0.15) is 0 Å². The van der Waals surface area contributed by atoms with Crippen molar-refractivity contribution in [2.24, 2.45) is 0 Å². The van der Waals surface area contributed by atoms with Crippen molar-refractivity contribution in [3.63, 3.8) is 0 Å². The Morgan fingerprint density at radius 2 is 1.65 bits per heavy atom. The molecule has 0 aromatic heterocycles. The smallest absolute Gasteiger partial charge is 0.135 e. The number of benzene rings is 1. The average molecular weight is 276 g/mol. The van der Waals surface area contributed by atoms with Crippen LogP contribution in [0.3, 0.4) is 0 Å². The standard InChI is InChI=1S/C17H24O3/c1-11(2)18-13-9-15(19-12(3)4)14-7-8-17(5,6)20-16(14)10-13/h7-12H,1-6H3. The Kier molecular flexibility index (Phi) is 3.98. The van der Waals surface area contributed by atoms with Gasteiger partial charge in [-0.1, -0.05) is 0 Å². The maximum absolute atomic E-state index is 6.02. The molecule has 3 heteroatoms. The van der Waals surface area contributed by atoms with Crippen molar-refractivity contribution in [3.8, 4) is 17.2 Å². The van der Waals surface area contributed by atoms with Gasteiger partial charge in [0.1, 0.15) is 22.8 Å².